The number of rotatable bonds is 10. The number of unbranched alkanes of at least 4 members (excludes halogenated alkanes) is 8. The molecule has 0 amide bonds. The molecule has 0 rings (SSSR count). The molecule has 0 saturated heterocycles. The Bertz CT molecular complexity index is 199. The summed E-state index contributed by atoms with van der Waals surface area (Å²) in [5.41, 5.74) is 0. The maximum Gasteiger partial charge on any atom is 0.114 e. The summed E-state index contributed by atoms with van der Waals surface area (Å²) in [7, 11) is 0. The third kappa shape index (κ3) is 13.5. The molecule has 0 bridgehead atoms. The van der Waals surface area contributed by atoms with Crippen LogP contribution in [0, 0.1) is 11.8 Å². The van der Waals surface area contributed by atoms with Crippen molar-refractivity contribution in [1.82, 2.24) is 0 Å². The molecule has 1 heteroatoms. The molecule has 0 aliphatic carbocycles. The Morgan fingerprint density at radius 1 is 0.824 bits per heavy atom. The normalized spacial score (nSPS) is 11.9. The molecule has 0 aromatic heterocycles. The zero-order chi connectivity index (χ0) is 12.8. The number of hydrogen-bond donors (Lipinski definition) is 1. The molecule has 17 heavy (non-hydrogen) atoms. The van der Waals surface area contributed by atoms with E-state index >= 15 is 0 Å². The van der Waals surface area contributed by atoms with Crippen molar-refractivity contribution in [3.63, 3.8) is 0 Å². The van der Waals surface area contributed by atoms with Gasteiger partial charge < -0.3 is 5.11 Å². The minimum absolute atomic E-state index is 0.387. The maximum absolute atomic E-state index is 9.57. The first-order chi connectivity index (χ1) is 8.31. The van der Waals surface area contributed by atoms with Crippen LogP contribution in [-0.2, 0) is 0 Å². The fourth-order valence-corrected chi connectivity index (χ4v) is 1.84. The molecule has 1 atom stereocenters. The van der Waals surface area contributed by atoms with Crippen LogP contribution >= 0.6 is 0 Å². The first kappa shape index (κ1) is 16.5. The Morgan fingerprint density at radius 3 is 2.12 bits per heavy atom. The van der Waals surface area contributed by atoms with E-state index in [4.69, 9.17) is 0 Å². The van der Waals surface area contributed by atoms with Crippen LogP contribution in [-0.4, -0.2) is 11.2 Å². The summed E-state index contributed by atoms with van der Waals surface area (Å²) in [6.45, 7) is 4.42. The van der Waals surface area contributed by atoms with Crippen molar-refractivity contribution in [3.05, 3.63) is 0 Å². The highest BCUT2D eigenvalue weighted by atomic mass is 16.3. The molecule has 0 heterocycles. The van der Waals surface area contributed by atoms with Gasteiger partial charge in [0, 0.05) is 6.42 Å². The van der Waals surface area contributed by atoms with Crippen molar-refractivity contribution in [1.29, 1.82) is 0 Å². The van der Waals surface area contributed by atoms with Gasteiger partial charge in [0.15, 0.2) is 0 Å². The third-order valence-corrected chi connectivity index (χ3v) is 3.01. The predicted molar refractivity (Wildman–Crippen MR) is 75.9 cm³/mol. The highest BCUT2D eigenvalue weighted by molar-refractivity contribution is 5.04. The molecular formula is C16H30O. The second-order valence-corrected chi connectivity index (χ2v) is 4.85. The molecule has 1 nitrogen and oxygen atoms in total. The number of hydrogen-bond acceptors (Lipinski definition) is 1. The second kappa shape index (κ2) is 13.6. The predicted octanol–water partition coefficient (Wildman–Crippen LogP) is 4.68. The molecule has 1 unspecified atom stereocenters. The number of aliphatic hydroxyl groups excluding tert-OH is 1. The summed E-state index contributed by atoms with van der Waals surface area (Å²) in [6, 6.07) is 0. The molecular weight excluding hydrogens is 208 g/mol. The SMILES string of the molecule is CCCCCCCCC#CC(O)CCCCC. The van der Waals surface area contributed by atoms with Crippen molar-refractivity contribution in [2.45, 2.75) is 90.6 Å². The zero-order valence-corrected chi connectivity index (χ0v) is 11.8. The van der Waals surface area contributed by atoms with Crippen molar-refractivity contribution in [3.8, 4) is 11.8 Å². The molecule has 1 N–H and O–H groups in total. The van der Waals surface area contributed by atoms with Crippen molar-refractivity contribution in [2.24, 2.45) is 0 Å². The van der Waals surface area contributed by atoms with Gasteiger partial charge in [-0.25, -0.2) is 0 Å². The van der Waals surface area contributed by atoms with E-state index in [2.05, 4.69) is 25.7 Å². The van der Waals surface area contributed by atoms with Gasteiger partial charge in [-0.3, -0.25) is 0 Å². The molecule has 0 aromatic carbocycles. The minimum atomic E-state index is -0.387. The van der Waals surface area contributed by atoms with Gasteiger partial charge in [0.2, 0.25) is 0 Å². The molecule has 0 radical (unpaired) electrons. The molecule has 100 valence electrons. The van der Waals surface area contributed by atoms with Crippen LogP contribution in [0.4, 0.5) is 0 Å². The van der Waals surface area contributed by atoms with E-state index in [9.17, 15) is 5.11 Å². The molecule has 0 saturated carbocycles. The summed E-state index contributed by atoms with van der Waals surface area (Å²) in [4.78, 5) is 0. The summed E-state index contributed by atoms with van der Waals surface area (Å²) >= 11 is 0. The van der Waals surface area contributed by atoms with E-state index < -0.39 is 0 Å². The quantitative estimate of drug-likeness (QED) is 0.433. The smallest absolute Gasteiger partial charge is 0.114 e. The fourth-order valence-electron chi connectivity index (χ4n) is 1.84. The summed E-state index contributed by atoms with van der Waals surface area (Å²) in [5.74, 6) is 6.05. The van der Waals surface area contributed by atoms with Gasteiger partial charge in [0.25, 0.3) is 0 Å². The second-order valence-electron chi connectivity index (χ2n) is 4.85. The van der Waals surface area contributed by atoms with Crippen LogP contribution in [0.3, 0.4) is 0 Å². The van der Waals surface area contributed by atoms with Crippen LogP contribution < -0.4 is 0 Å². The molecule has 0 aliphatic heterocycles. The lowest BCUT2D eigenvalue weighted by atomic mass is 10.1. The molecule has 0 aliphatic rings. The minimum Gasteiger partial charge on any atom is -0.380 e. The molecule has 0 aromatic rings. The molecule has 0 fully saturated rings. The lowest BCUT2D eigenvalue weighted by molar-refractivity contribution is 0.217. The Kier molecular flexibility index (Phi) is 13.2. The van der Waals surface area contributed by atoms with E-state index in [0.717, 1.165) is 19.3 Å². The highest BCUT2D eigenvalue weighted by Gasteiger charge is 1.97. The Balaban J connectivity index is 3.28. The largest absolute Gasteiger partial charge is 0.380 e. The van der Waals surface area contributed by atoms with Crippen LogP contribution in [0.2, 0.25) is 0 Å². The Morgan fingerprint density at radius 2 is 1.41 bits per heavy atom. The van der Waals surface area contributed by atoms with E-state index in [1.807, 2.05) is 0 Å². The van der Waals surface area contributed by atoms with Crippen LogP contribution in [0.1, 0.15) is 84.5 Å². The maximum atomic E-state index is 9.57. The first-order valence-corrected chi connectivity index (χ1v) is 7.47. The van der Waals surface area contributed by atoms with Gasteiger partial charge in [-0.15, -0.1) is 5.92 Å². The van der Waals surface area contributed by atoms with E-state index in [-0.39, 0.29) is 6.10 Å². The third-order valence-electron chi connectivity index (χ3n) is 3.01. The molecule has 0 spiro atoms. The van der Waals surface area contributed by atoms with Crippen molar-refractivity contribution >= 4 is 0 Å². The van der Waals surface area contributed by atoms with Crippen LogP contribution in [0.5, 0.6) is 0 Å². The lowest BCUT2D eigenvalue weighted by Gasteiger charge is -2.01. The van der Waals surface area contributed by atoms with Gasteiger partial charge in [-0.1, -0.05) is 64.7 Å². The Hall–Kier alpha value is -0.480. The van der Waals surface area contributed by atoms with Gasteiger partial charge in [0.1, 0.15) is 6.10 Å². The van der Waals surface area contributed by atoms with Crippen LogP contribution in [0.15, 0.2) is 0 Å². The average Bonchev–Trinajstić information content (AvgIpc) is 2.33. The standard InChI is InChI=1S/C16H30O/c1-3-5-7-8-9-10-11-13-15-16(17)14-12-6-4-2/h16-17H,3-12,14H2,1-2H3. The van der Waals surface area contributed by atoms with E-state index in [1.165, 1.54) is 51.4 Å². The van der Waals surface area contributed by atoms with Crippen molar-refractivity contribution in [2.75, 3.05) is 0 Å². The van der Waals surface area contributed by atoms with Crippen LogP contribution in [0.25, 0.3) is 0 Å². The highest BCUT2D eigenvalue weighted by Crippen LogP contribution is 2.06. The lowest BCUT2D eigenvalue weighted by Crippen LogP contribution is -2.01. The first-order valence-electron chi connectivity index (χ1n) is 7.47. The fraction of sp³-hybridized carbons (Fsp3) is 0.875. The monoisotopic (exact) mass is 238 g/mol. The van der Waals surface area contributed by atoms with Gasteiger partial charge in [0.05, 0.1) is 0 Å². The van der Waals surface area contributed by atoms with Gasteiger partial charge in [-0.05, 0) is 19.3 Å². The summed E-state index contributed by atoms with van der Waals surface area (Å²) in [5, 5.41) is 9.57. The summed E-state index contributed by atoms with van der Waals surface area (Å²) in [6.07, 6.45) is 12.8. The van der Waals surface area contributed by atoms with Gasteiger partial charge in [-0.2, -0.15) is 0 Å². The van der Waals surface area contributed by atoms with E-state index in [1.54, 1.807) is 0 Å². The van der Waals surface area contributed by atoms with Crippen molar-refractivity contribution < 1.29 is 5.11 Å². The average molecular weight is 238 g/mol. The van der Waals surface area contributed by atoms with Gasteiger partial charge >= 0.3 is 0 Å². The number of aliphatic hydroxyl groups is 1. The summed E-state index contributed by atoms with van der Waals surface area (Å²) < 4.78 is 0. The Labute approximate surface area is 108 Å². The topological polar surface area (TPSA) is 20.2 Å². The zero-order valence-electron chi connectivity index (χ0n) is 11.8. The van der Waals surface area contributed by atoms with E-state index in [0.29, 0.717) is 0 Å².